The molecule has 0 amide bonds. The van der Waals surface area contributed by atoms with Crippen molar-refractivity contribution in [2.24, 2.45) is 0 Å². The van der Waals surface area contributed by atoms with E-state index < -0.39 is 0 Å². The van der Waals surface area contributed by atoms with Crippen molar-refractivity contribution in [2.75, 3.05) is 6.61 Å². The molecular formula is C16H15N3O3. The third-order valence-corrected chi connectivity index (χ3v) is 3.15. The van der Waals surface area contributed by atoms with Gasteiger partial charge in [-0.25, -0.2) is 4.68 Å². The van der Waals surface area contributed by atoms with Crippen LogP contribution in [0.4, 0.5) is 0 Å². The Morgan fingerprint density at radius 2 is 2.05 bits per heavy atom. The molecule has 0 bridgehead atoms. The monoisotopic (exact) mass is 297 g/mol. The van der Waals surface area contributed by atoms with Crippen LogP contribution in [0, 0.1) is 0 Å². The summed E-state index contributed by atoms with van der Waals surface area (Å²) in [4.78, 5) is 11.1. The molecule has 0 radical (unpaired) electrons. The highest BCUT2D eigenvalue weighted by Crippen LogP contribution is 2.22. The number of aromatic nitrogens is 3. The van der Waals surface area contributed by atoms with Crippen molar-refractivity contribution in [1.82, 2.24) is 15.0 Å². The minimum atomic E-state index is 0.277. The topological polar surface area (TPSA) is 70.2 Å². The number of hydrogen-bond acceptors (Lipinski definition) is 5. The summed E-state index contributed by atoms with van der Waals surface area (Å²) in [6.07, 6.45) is 2.98. The standard InChI is InChI=1S/C16H15N3O3/c20-12-14-16(15-8-4-10-22-15)19(18-17-14)9-5-11-21-13-6-2-1-3-7-13/h1-4,6-8,10,12H,5,9,11H2. The van der Waals surface area contributed by atoms with Crippen LogP contribution in [0.1, 0.15) is 16.9 Å². The molecule has 112 valence electrons. The number of ether oxygens (including phenoxy) is 1. The number of aldehydes is 1. The zero-order valence-corrected chi connectivity index (χ0v) is 11.9. The van der Waals surface area contributed by atoms with Crippen molar-refractivity contribution in [3.8, 4) is 17.2 Å². The first-order chi connectivity index (χ1) is 10.9. The predicted octanol–water partition coefficient (Wildman–Crippen LogP) is 2.82. The van der Waals surface area contributed by atoms with Crippen LogP contribution in [0.5, 0.6) is 5.75 Å². The van der Waals surface area contributed by atoms with E-state index in [0.717, 1.165) is 12.2 Å². The number of furan rings is 1. The lowest BCUT2D eigenvalue weighted by Gasteiger charge is -2.07. The Morgan fingerprint density at radius 3 is 2.77 bits per heavy atom. The van der Waals surface area contributed by atoms with Crippen molar-refractivity contribution in [3.05, 3.63) is 54.4 Å². The molecule has 2 heterocycles. The molecule has 6 nitrogen and oxygen atoms in total. The van der Waals surface area contributed by atoms with Gasteiger partial charge in [0.25, 0.3) is 0 Å². The van der Waals surface area contributed by atoms with Crippen LogP contribution < -0.4 is 4.74 Å². The van der Waals surface area contributed by atoms with Crippen LogP contribution in [-0.2, 0) is 6.54 Å². The number of carbonyl (C=O) groups is 1. The first kappa shape index (κ1) is 14.1. The number of hydrogen-bond donors (Lipinski definition) is 0. The predicted molar refractivity (Wildman–Crippen MR) is 79.7 cm³/mol. The number of para-hydroxylation sites is 1. The largest absolute Gasteiger partial charge is 0.494 e. The summed E-state index contributed by atoms with van der Waals surface area (Å²) >= 11 is 0. The number of aryl methyl sites for hydroxylation is 1. The van der Waals surface area contributed by atoms with E-state index in [1.54, 1.807) is 23.1 Å². The SMILES string of the molecule is O=Cc1nnn(CCCOc2ccccc2)c1-c1ccco1. The Kier molecular flexibility index (Phi) is 4.29. The van der Waals surface area contributed by atoms with Gasteiger partial charge >= 0.3 is 0 Å². The molecule has 0 saturated heterocycles. The lowest BCUT2D eigenvalue weighted by Crippen LogP contribution is -2.07. The zero-order valence-electron chi connectivity index (χ0n) is 11.9. The highest BCUT2D eigenvalue weighted by atomic mass is 16.5. The molecule has 0 saturated carbocycles. The molecule has 2 aromatic heterocycles. The van der Waals surface area contributed by atoms with E-state index in [2.05, 4.69) is 10.3 Å². The molecule has 0 aliphatic heterocycles. The van der Waals surface area contributed by atoms with Crippen LogP contribution in [0.3, 0.4) is 0 Å². The van der Waals surface area contributed by atoms with Crippen LogP contribution in [0.15, 0.2) is 53.1 Å². The number of benzene rings is 1. The van der Waals surface area contributed by atoms with Crippen molar-refractivity contribution < 1.29 is 13.9 Å². The average molecular weight is 297 g/mol. The van der Waals surface area contributed by atoms with E-state index in [0.29, 0.717) is 30.9 Å². The number of nitrogens with zero attached hydrogens (tertiary/aromatic N) is 3. The van der Waals surface area contributed by atoms with Crippen LogP contribution in [0.25, 0.3) is 11.5 Å². The normalized spacial score (nSPS) is 10.5. The van der Waals surface area contributed by atoms with Gasteiger partial charge in [0, 0.05) is 13.0 Å². The summed E-state index contributed by atoms with van der Waals surface area (Å²) in [6, 6.07) is 13.2. The third-order valence-electron chi connectivity index (χ3n) is 3.15. The second-order valence-electron chi connectivity index (χ2n) is 4.66. The Morgan fingerprint density at radius 1 is 1.18 bits per heavy atom. The molecule has 0 spiro atoms. The first-order valence-corrected chi connectivity index (χ1v) is 6.99. The molecule has 0 aliphatic rings. The van der Waals surface area contributed by atoms with Gasteiger partial charge in [-0.2, -0.15) is 0 Å². The lowest BCUT2D eigenvalue weighted by atomic mass is 10.2. The van der Waals surface area contributed by atoms with Gasteiger partial charge in [-0.3, -0.25) is 4.79 Å². The van der Waals surface area contributed by atoms with Crippen molar-refractivity contribution in [1.29, 1.82) is 0 Å². The minimum Gasteiger partial charge on any atom is -0.494 e. The minimum absolute atomic E-state index is 0.277. The highest BCUT2D eigenvalue weighted by Gasteiger charge is 2.16. The Hall–Kier alpha value is -2.89. The van der Waals surface area contributed by atoms with Crippen molar-refractivity contribution >= 4 is 6.29 Å². The molecule has 3 aromatic rings. The summed E-state index contributed by atoms with van der Waals surface area (Å²) in [6.45, 7) is 1.14. The Bertz CT molecular complexity index is 720. The van der Waals surface area contributed by atoms with Gasteiger partial charge in [-0.15, -0.1) is 5.10 Å². The molecule has 0 aliphatic carbocycles. The fraction of sp³-hybridized carbons (Fsp3) is 0.188. The second-order valence-corrected chi connectivity index (χ2v) is 4.66. The van der Waals surface area contributed by atoms with Gasteiger partial charge < -0.3 is 9.15 Å². The van der Waals surface area contributed by atoms with Gasteiger partial charge in [0.15, 0.2) is 17.7 Å². The van der Waals surface area contributed by atoms with Crippen molar-refractivity contribution in [2.45, 2.75) is 13.0 Å². The maximum Gasteiger partial charge on any atom is 0.172 e. The van der Waals surface area contributed by atoms with E-state index in [1.165, 1.54) is 0 Å². The Balaban J connectivity index is 1.63. The summed E-state index contributed by atoms with van der Waals surface area (Å²) in [5, 5.41) is 7.88. The van der Waals surface area contributed by atoms with Crippen LogP contribution in [0.2, 0.25) is 0 Å². The maximum atomic E-state index is 11.1. The van der Waals surface area contributed by atoms with E-state index in [1.807, 2.05) is 30.3 Å². The quantitative estimate of drug-likeness (QED) is 0.495. The molecule has 0 unspecified atom stereocenters. The zero-order chi connectivity index (χ0) is 15.2. The molecule has 0 fully saturated rings. The summed E-state index contributed by atoms with van der Waals surface area (Å²) in [5.41, 5.74) is 0.874. The van der Waals surface area contributed by atoms with Crippen LogP contribution in [-0.4, -0.2) is 27.9 Å². The first-order valence-electron chi connectivity index (χ1n) is 6.99. The van der Waals surface area contributed by atoms with Gasteiger partial charge in [0.05, 0.1) is 12.9 Å². The number of rotatable bonds is 7. The lowest BCUT2D eigenvalue weighted by molar-refractivity contribution is 0.111. The fourth-order valence-electron chi connectivity index (χ4n) is 2.15. The van der Waals surface area contributed by atoms with Gasteiger partial charge in [0.1, 0.15) is 11.4 Å². The van der Waals surface area contributed by atoms with E-state index in [-0.39, 0.29) is 5.69 Å². The summed E-state index contributed by atoms with van der Waals surface area (Å²) < 4.78 is 12.6. The highest BCUT2D eigenvalue weighted by molar-refractivity contribution is 5.81. The van der Waals surface area contributed by atoms with E-state index in [4.69, 9.17) is 9.15 Å². The van der Waals surface area contributed by atoms with E-state index in [9.17, 15) is 4.79 Å². The van der Waals surface area contributed by atoms with Gasteiger partial charge in [-0.1, -0.05) is 23.4 Å². The Labute approximate surface area is 127 Å². The summed E-state index contributed by atoms with van der Waals surface area (Å²) in [7, 11) is 0. The van der Waals surface area contributed by atoms with E-state index >= 15 is 0 Å². The molecule has 0 N–H and O–H groups in total. The maximum absolute atomic E-state index is 11.1. The molecule has 22 heavy (non-hydrogen) atoms. The fourth-order valence-corrected chi connectivity index (χ4v) is 2.15. The average Bonchev–Trinajstić information content (AvgIpc) is 3.21. The van der Waals surface area contributed by atoms with Gasteiger partial charge in [0.2, 0.25) is 0 Å². The van der Waals surface area contributed by atoms with Crippen LogP contribution >= 0.6 is 0 Å². The molecule has 3 rings (SSSR count). The second kappa shape index (κ2) is 6.71. The molecule has 0 atom stereocenters. The third kappa shape index (κ3) is 3.06. The molecule has 6 heteroatoms. The number of carbonyl (C=O) groups excluding carboxylic acids is 1. The van der Waals surface area contributed by atoms with Gasteiger partial charge in [-0.05, 0) is 24.3 Å². The molecular weight excluding hydrogens is 282 g/mol. The molecule has 1 aromatic carbocycles. The summed E-state index contributed by atoms with van der Waals surface area (Å²) in [5.74, 6) is 1.41. The van der Waals surface area contributed by atoms with Crippen molar-refractivity contribution in [3.63, 3.8) is 0 Å². The smallest absolute Gasteiger partial charge is 0.172 e.